The van der Waals surface area contributed by atoms with Crippen LogP contribution in [0.25, 0.3) is 0 Å². The number of ether oxygens (including phenoxy) is 1. The second-order valence-electron chi connectivity index (χ2n) is 5.72. The molecule has 1 fully saturated rings. The maximum absolute atomic E-state index is 12.8. The van der Waals surface area contributed by atoms with Crippen molar-refractivity contribution in [2.75, 3.05) is 26.7 Å². The van der Waals surface area contributed by atoms with Crippen LogP contribution in [0.4, 0.5) is 4.39 Å². The van der Waals surface area contributed by atoms with E-state index in [9.17, 15) is 9.18 Å². The SMILES string of the molecule is CN(CCOc1ccc(F)cc1)C(=O)C1(CN)CCCC1.Cl. The third-order valence-electron chi connectivity index (χ3n) is 4.26. The fraction of sp³-hybridized carbons (Fsp3) is 0.562. The second kappa shape index (κ2) is 8.34. The van der Waals surface area contributed by atoms with Crippen LogP contribution in [-0.2, 0) is 4.79 Å². The third kappa shape index (κ3) is 4.34. The molecule has 0 aliphatic heterocycles. The van der Waals surface area contributed by atoms with E-state index in [0.717, 1.165) is 25.7 Å². The molecule has 4 nitrogen and oxygen atoms in total. The average molecular weight is 331 g/mol. The largest absolute Gasteiger partial charge is 0.492 e. The van der Waals surface area contributed by atoms with E-state index in [1.165, 1.54) is 12.1 Å². The van der Waals surface area contributed by atoms with Gasteiger partial charge in [0, 0.05) is 13.6 Å². The number of nitrogens with zero attached hydrogens (tertiary/aromatic N) is 1. The highest BCUT2D eigenvalue weighted by atomic mass is 35.5. The van der Waals surface area contributed by atoms with E-state index in [2.05, 4.69) is 0 Å². The summed E-state index contributed by atoms with van der Waals surface area (Å²) in [5, 5.41) is 0. The Morgan fingerprint density at radius 2 is 1.91 bits per heavy atom. The zero-order chi connectivity index (χ0) is 15.3. The number of hydrogen-bond donors (Lipinski definition) is 1. The van der Waals surface area contributed by atoms with Crippen LogP contribution in [0, 0.1) is 11.2 Å². The molecule has 0 radical (unpaired) electrons. The molecule has 2 rings (SSSR count). The number of rotatable bonds is 6. The van der Waals surface area contributed by atoms with Crippen LogP contribution in [0.5, 0.6) is 5.75 Å². The lowest BCUT2D eigenvalue weighted by atomic mass is 9.85. The smallest absolute Gasteiger partial charge is 0.229 e. The van der Waals surface area contributed by atoms with Crippen molar-refractivity contribution < 1.29 is 13.9 Å². The number of benzene rings is 1. The molecule has 1 saturated carbocycles. The van der Waals surface area contributed by atoms with Crippen LogP contribution < -0.4 is 10.5 Å². The first kappa shape index (κ1) is 18.7. The van der Waals surface area contributed by atoms with Crippen molar-refractivity contribution in [1.82, 2.24) is 4.90 Å². The minimum atomic E-state index is -0.370. The van der Waals surface area contributed by atoms with Gasteiger partial charge in [-0.25, -0.2) is 4.39 Å². The normalized spacial score (nSPS) is 16.0. The van der Waals surface area contributed by atoms with Crippen molar-refractivity contribution >= 4 is 18.3 Å². The van der Waals surface area contributed by atoms with Crippen LogP contribution in [0.1, 0.15) is 25.7 Å². The number of nitrogens with two attached hydrogens (primary N) is 1. The number of amides is 1. The summed E-state index contributed by atoms with van der Waals surface area (Å²) < 4.78 is 18.3. The summed E-state index contributed by atoms with van der Waals surface area (Å²) >= 11 is 0. The van der Waals surface area contributed by atoms with E-state index < -0.39 is 0 Å². The van der Waals surface area contributed by atoms with E-state index >= 15 is 0 Å². The molecular formula is C16H24ClFN2O2. The van der Waals surface area contributed by atoms with Crippen molar-refractivity contribution in [1.29, 1.82) is 0 Å². The molecule has 0 heterocycles. The Hall–Kier alpha value is -1.33. The van der Waals surface area contributed by atoms with Gasteiger partial charge in [-0.2, -0.15) is 0 Å². The van der Waals surface area contributed by atoms with Crippen LogP contribution in [-0.4, -0.2) is 37.6 Å². The van der Waals surface area contributed by atoms with Gasteiger partial charge in [0.25, 0.3) is 0 Å². The van der Waals surface area contributed by atoms with Crippen LogP contribution in [0.15, 0.2) is 24.3 Å². The lowest BCUT2D eigenvalue weighted by molar-refractivity contribution is -0.140. The first-order chi connectivity index (χ1) is 10.1. The number of halogens is 2. The highest BCUT2D eigenvalue weighted by molar-refractivity contribution is 5.85. The summed E-state index contributed by atoms with van der Waals surface area (Å²) in [5.41, 5.74) is 5.46. The molecule has 22 heavy (non-hydrogen) atoms. The Balaban J connectivity index is 0.00000242. The average Bonchev–Trinajstić information content (AvgIpc) is 2.98. The predicted molar refractivity (Wildman–Crippen MR) is 86.7 cm³/mol. The van der Waals surface area contributed by atoms with E-state index in [0.29, 0.717) is 25.4 Å². The number of carbonyl (C=O) groups is 1. The van der Waals surface area contributed by atoms with Crippen molar-refractivity contribution in [2.24, 2.45) is 11.1 Å². The van der Waals surface area contributed by atoms with Gasteiger partial charge in [-0.05, 0) is 37.1 Å². The number of hydrogen-bond acceptors (Lipinski definition) is 3. The molecule has 6 heteroatoms. The van der Waals surface area contributed by atoms with Gasteiger partial charge in [0.15, 0.2) is 0 Å². The second-order valence-corrected chi connectivity index (χ2v) is 5.72. The lowest BCUT2D eigenvalue weighted by Crippen LogP contribution is -2.46. The Labute approximate surface area is 137 Å². The molecule has 1 aromatic carbocycles. The van der Waals surface area contributed by atoms with Gasteiger partial charge in [-0.1, -0.05) is 12.8 Å². The molecule has 0 bridgehead atoms. The van der Waals surface area contributed by atoms with E-state index in [1.54, 1.807) is 24.1 Å². The van der Waals surface area contributed by atoms with Gasteiger partial charge in [-0.3, -0.25) is 4.79 Å². The minimum absolute atomic E-state index is 0. The third-order valence-corrected chi connectivity index (χ3v) is 4.26. The Kier molecular flexibility index (Phi) is 7.10. The molecule has 0 aromatic heterocycles. The Morgan fingerprint density at radius 1 is 1.32 bits per heavy atom. The van der Waals surface area contributed by atoms with Gasteiger partial charge in [0.1, 0.15) is 18.2 Å². The van der Waals surface area contributed by atoms with Gasteiger partial charge in [-0.15, -0.1) is 12.4 Å². The van der Waals surface area contributed by atoms with Gasteiger partial charge in [0.2, 0.25) is 5.91 Å². The molecule has 2 N–H and O–H groups in total. The maximum Gasteiger partial charge on any atom is 0.229 e. The minimum Gasteiger partial charge on any atom is -0.492 e. The summed E-state index contributed by atoms with van der Waals surface area (Å²) in [4.78, 5) is 14.2. The van der Waals surface area contributed by atoms with Crippen LogP contribution in [0.2, 0.25) is 0 Å². The van der Waals surface area contributed by atoms with Crippen molar-refractivity contribution in [3.05, 3.63) is 30.1 Å². The predicted octanol–water partition coefficient (Wildman–Crippen LogP) is 2.60. The Bertz CT molecular complexity index is 476. The summed E-state index contributed by atoms with van der Waals surface area (Å²) in [6.07, 6.45) is 3.91. The molecule has 1 amide bonds. The number of carbonyl (C=O) groups excluding carboxylic acids is 1. The molecule has 0 unspecified atom stereocenters. The van der Waals surface area contributed by atoms with E-state index in [-0.39, 0.29) is 29.5 Å². The molecule has 0 spiro atoms. The molecule has 1 aliphatic carbocycles. The van der Waals surface area contributed by atoms with E-state index in [1.807, 2.05) is 0 Å². The highest BCUT2D eigenvalue weighted by Crippen LogP contribution is 2.38. The molecular weight excluding hydrogens is 307 g/mol. The fourth-order valence-electron chi connectivity index (χ4n) is 2.89. The fourth-order valence-corrected chi connectivity index (χ4v) is 2.89. The molecule has 124 valence electrons. The first-order valence-electron chi connectivity index (χ1n) is 7.41. The summed E-state index contributed by atoms with van der Waals surface area (Å²) in [5.74, 6) is 0.428. The monoisotopic (exact) mass is 330 g/mol. The summed E-state index contributed by atoms with van der Waals surface area (Å²) in [6.45, 7) is 1.29. The summed E-state index contributed by atoms with van der Waals surface area (Å²) in [6, 6.07) is 5.86. The zero-order valence-electron chi connectivity index (χ0n) is 12.9. The van der Waals surface area contributed by atoms with Gasteiger partial charge in [0.05, 0.1) is 12.0 Å². The molecule has 1 aliphatic rings. The molecule has 0 atom stereocenters. The zero-order valence-corrected chi connectivity index (χ0v) is 13.7. The summed E-state index contributed by atoms with van der Waals surface area (Å²) in [7, 11) is 1.78. The topological polar surface area (TPSA) is 55.6 Å². The van der Waals surface area contributed by atoms with Gasteiger partial charge >= 0.3 is 0 Å². The number of likely N-dealkylation sites (N-methyl/N-ethyl adjacent to an activating group) is 1. The lowest BCUT2D eigenvalue weighted by Gasteiger charge is -2.31. The standard InChI is InChI=1S/C16H23FN2O2.ClH/c1-19(15(20)16(12-18)8-2-3-9-16)10-11-21-14-6-4-13(17)5-7-14;/h4-7H,2-3,8-12,18H2,1H3;1H. The quantitative estimate of drug-likeness (QED) is 0.872. The van der Waals surface area contributed by atoms with E-state index in [4.69, 9.17) is 10.5 Å². The highest BCUT2D eigenvalue weighted by Gasteiger charge is 2.41. The first-order valence-corrected chi connectivity index (χ1v) is 7.41. The van der Waals surface area contributed by atoms with Crippen molar-refractivity contribution in [2.45, 2.75) is 25.7 Å². The van der Waals surface area contributed by atoms with Crippen LogP contribution >= 0.6 is 12.4 Å². The van der Waals surface area contributed by atoms with Crippen molar-refractivity contribution in [3.8, 4) is 5.75 Å². The Morgan fingerprint density at radius 3 is 2.45 bits per heavy atom. The van der Waals surface area contributed by atoms with Crippen LogP contribution in [0.3, 0.4) is 0 Å². The molecule has 1 aromatic rings. The van der Waals surface area contributed by atoms with Gasteiger partial charge < -0.3 is 15.4 Å². The molecule has 0 saturated heterocycles. The maximum atomic E-state index is 12.8. The van der Waals surface area contributed by atoms with Crippen molar-refractivity contribution in [3.63, 3.8) is 0 Å².